The lowest BCUT2D eigenvalue weighted by Gasteiger charge is -2.28. The highest BCUT2D eigenvalue weighted by atomic mass is 32.2. The Morgan fingerprint density at radius 2 is 1.76 bits per heavy atom. The van der Waals surface area contributed by atoms with Crippen molar-refractivity contribution in [3.63, 3.8) is 0 Å². The summed E-state index contributed by atoms with van der Waals surface area (Å²) < 4.78 is 1.89. The topological polar surface area (TPSA) is 67.2 Å². The standard InChI is InChI=1S/C27H24N4O2S/c32-26(18-31-24-8-3-4-9-25(24)34-19-27(31)33)28-16-22-6-1-2-7-23(22)21-12-10-20(11-13-21)17-30-15-5-14-29-30/h1-15H,16-19H2,(H,28,32). The summed E-state index contributed by atoms with van der Waals surface area (Å²) in [6.45, 7) is 1.13. The molecule has 1 aliphatic rings. The van der Waals surface area contributed by atoms with E-state index in [9.17, 15) is 9.59 Å². The molecule has 0 saturated heterocycles. The first-order chi connectivity index (χ1) is 16.7. The first kappa shape index (κ1) is 22.0. The predicted octanol–water partition coefficient (Wildman–Crippen LogP) is 4.35. The highest BCUT2D eigenvalue weighted by molar-refractivity contribution is 8.00. The van der Waals surface area contributed by atoms with E-state index in [4.69, 9.17) is 0 Å². The zero-order chi connectivity index (χ0) is 23.3. The van der Waals surface area contributed by atoms with Crippen LogP contribution in [0.1, 0.15) is 11.1 Å². The van der Waals surface area contributed by atoms with Gasteiger partial charge in [-0.15, -0.1) is 11.8 Å². The number of hydrogen-bond acceptors (Lipinski definition) is 4. The largest absolute Gasteiger partial charge is 0.350 e. The molecular weight excluding hydrogens is 444 g/mol. The smallest absolute Gasteiger partial charge is 0.240 e. The second-order valence-corrected chi connectivity index (χ2v) is 9.09. The van der Waals surface area contributed by atoms with Gasteiger partial charge in [-0.2, -0.15) is 5.10 Å². The third-order valence-corrected chi connectivity index (χ3v) is 6.82. The zero-order valence-electron chi connectivity index (χ0n) is 18.6. The molecule has 6 nitrogen and oxygen atoms in total. The fourth-order valence-electron chi connectivity index (χ4n) is 4.05. The molecule has 0 unspecified atom stereocenters. The molecule has 0 atom stereocenters. The van der Waals surface area contributed by atoms with Crippen LogP contribution in [0.25, 0.3) is 11.1 Å². The van der Waals surface area contributed by atoms with E-state index in [0.29, 0.717) is 12.3 Å². The van der Waals surface area contributed by atoms with Gasteiger partial charge < -0.3 is 10.2 Å². The maximum absolute atomic E-state index is 12.8. The van der Waals surface area contributed by atoms with E-state index in [1.54, 1.807) is 11.1 Å². The van der Waals surface area contributed by atoms with Gasteiger partial charge in [-0.05, 0) is 40.5 Å². The van der Waals surface area contributed by atoms with Crippen LogP contribution in [0.15, 0.2) is 96.2 Å². The van der Waals surface area contributed by atoms with Gasteiger partial charge in [0.25, 0.3) is 0 Å². The van der Waals surface area contributed by atoms with Crippen LogP contribution < -0.4 is 10.2 Å². The fourth-order valence-corrected chi connectivity index (χ4v) is 4.98. The molecule has 1 aromatic heterocycles. The van der Waals surface area contributed by atoms with Crippen molar-refractivity contribution in [2.75, 3.05) is 17.2 Å². The minimum Gasteiger partial charge on any atom is -0.350 e. The van der Waals surface area contributed by atoms with Crippen molar-refractivity contribution in [3.8, 4) is 11.1 Å². The van der Waals surface area contributed by atoms with E-state index in [1.165, 1.54) is 17.3 Å². The van der Waals surface area contributed by atoms with E-state index >= 15 is 0 Å². The molecule has 170 valence electrons. The summed E-state index contributed by atoms with van der Waals surface area (Å²) in [6, 6.07) is 26.1. The number of hydrogen-bond donors (Lipinski definition) is 1. The van der Waals surface area contributed by atoms with Gasteiger partial charge in [0.05, 0.1) is 18.0 Å². The SMILES string of the molecule is O=C(CN1C(=O)CSc2ccccc21)NCc1ccccc1-c1ccc(Cn2cccn2)cc1. The van der Waals surface area contributed by atoms with Crippen LogP contribution in [0.5, 0.6) is 0 Å². The van der Waals surface area contributed by atoms with Gasteiger partial charge in [0, 0.05) is 23.8 Å². The Balaban J connectivity index is 1.26. The second kappa shape index (κ2) is 9.97. The molecule has 7 heteroatoms. The molecule has 0 bridgehead atoms. The van der Waals surface area contributed by atoms with Crippen LogP contribution in [0, 0.1) is 0 Å². The molecule has 2 heterocycles. The number of carbonyl (C=O) groups excluding carboxylic acids is 2. The molecule has 5 rings (SSSR count). The Hall–Kier alpha value is -3.84. The minimum absolute atomic E-state index is 0.0146. The maximum atomic E-state index is 12.8. The molecule has 0 radical (unpaired) electrons. The lowest BCUT2D eigenvalue weighted by atomic mass is 9.98. The zero-order valence-corrected chi connectivity index (χ0v) is 19.4. The molecule has 4 aromatic rings. The van der Waals surface area contributed by atoms with Crippen molar-refractivity contribution in [2.45, 2.75) is 18.0 Å². The molecule has 3 aromatic carbocycles. The third-order valence-electron chi connectivity index (χ3n) is 5.77. The highest BCUT2D eigenvalue weighted by Gasteiger charge is 2.26. The van der Waals surface area contributed by atoms with Gasteiger partial charge in [-0.1, -0.05) is 60.7 Å². The Labute approximate surface area is 202 Å². The number of carbonyl (C=O) groups is 2. The molecule has 0 spiro atoms. The van der Waals surface area contributed by atoms with Crippen molar-refractivity contribution in [3.05, 3.63) is 102 Å². The van der Waals surface area contributed by atoms with Crippen molar-refractivity contribution >= 4 is 29.3 Å². The predicted molar refractivity (Wildman–Crippen MR) is 135 cm³/mol. The van der Waals surface area contributed by atoms with Crippen molar-refractivity contribution in [1.29, 1.82) is 0 Å². The summed E-state index contributed by atoms with van der Waals surface area (Å²) in [7, 11) is 0. The van der Waals surface area contributed by atoms with Gasteiger partial charge in [-0.25, -0.2) is 0 Å². The molecule has 0 saturated carbocycles. The Bertz CT molecular complexity index is 1300. The Morgan fingerprint density at radius 3 is 2.59 bits per heavy atom. The second-order valence-electron chi connectivity index (χ2n) is 8.07. The Morgan fingerprint density at radius 1 is 0.971 bits per heavy atom. The molecule has 34 heavy (non-hydrogen) atoms. The number of thioether (sulfide) groups is 1. The van der Waals surface area contributed by atoms with Crippen molar-refractivity contribution in [1.82, 2.24) is 15.1 Å². The van der Waals surface area contributed by atoms with E-state index < -0.39 is 0 Å². The van der Waals surface area contributed by atoms with Gasteiger partial charge in [-0.3, -0.25) is 14.3 Å². The third kappa shape index (κ3) is 4.89. The summed E-state index contributed by atoms with van der Waals surface area (Å²) in [5, 5.41) is 7.25. The van der Waals surface area contributed by atoms with Crippen LogP contribution in [-0.4, -0.2) is 33.9 Å². The van der Waals surface area contributed by atoms with Crippen LogP contribution in [0.3, 0.4) is 0 Å². The molecule has 2 amide bonds. The number of amides is 2. The Kier molecular flexibility index (Phi) is 6.44. The molecule has 1 N–H and O–H groups in total. The van der Waals surface area contributed by atoms with Crippen LogP contribution in [-0.2, 0) is 22.7 Å². The van der Waals surface area contributed by atoms with Gasteiger partial charge in [0.2, 0.25) is 11.8 Å². The lowest BCUT2D eigenvalue weighted by Crippen LogP contribution is -2.43. The van der Waals surface area contributed by atoms with Crippen LogP contribution in [0.4, 0.5) is 5.69 Å². The molecule has 1 aliphatic heterocycles. The van der Waals surface area contributed by atoms with Gasteiger partial charge >= 0.3 is 0 Å². The summed E-state index contributed by atoms with van der Waals surface area (Å²) in [6.07, 6.45) is 3.72. The summed E-state index contributed by atoms with van der Waals surface area (Å²) in [5.74, 6) is 0.123. The summed E-state index contributed by atoms with van der Waals surface area (Å²) in [5.41, 5.74) is 5.16. The number of rotatable bonds is 7. The van der Waals surface area contributed by atoms with Crippen LogP contribution in [0.2, 0.25) is 0 Å². The summed E-state index contributed by atoms with van der Waals surface area (Å²) >= 11 is 1.51. The number of para-hydroxylation sites is 1. The van der Waals surface area contributed by atoms with Gasteiger partial charge in [0.15, 0.2) is 0 Å². The van der Waals surface area contributed by atoms with E-state index in [2.05, 4.69) is 40.7 Å². The highest BCUT2D eigenvalue weighted by Crippen LogP contribution is 2.34. The molecule has 0 aliphatic carbocycles. The number of anilines is 1. The maximum Gasteiger partial charge on any atom is 0.240 e. The summed E-state index contributed by atoms with van der Waals surface area (Å²) in [4.78, 5) is 27.8. The minimum atomic E-state index is -0.181. The first-order valence-corrected chi connectivity index (χ1v) is 12.1. The average Bonchev–Trinajstić information content (AvgIpc) is 3.38. The fraction of sp³-hybridized carbons (Fsp3) is 0.148. The van der Waals surface area contributed by atoms with E-state index in [0.717, 1.165) is 33.8 Å². The number of benzene rings is 3. The van der Waals surface area contributed by atoms with Crippen molar-refractivity contribution < 1.29 is 9.59 Å². The van der Waals surface area contributed by atoms with Gasteiger partial charge in [0.1, 0.15) is 6.54 Å². The average molecular weight is 469 g/mol. The van der Waals surface area contributed by atoms with E-state index in [1.807, 2.05) is 59.4 Å². The number of nitrogens with one attached hydrogen (secondary N) is 1. The quantitative estimate of drug-likeness (QED) is 0.438. The lowest BCUT2D eigenvalue weighted by molar-refractivity contribution is -0.123. The first-order valence-electron chi connectivity index (χ1n) is 11.1. The van der Waals surface area contributed by atoms with Crippen molar-refractivity contribution in [2.24, 2.45) is 0 Å². The normalized spacial score (nSPS) is 12.9. The monoisotopic (exact) mass is 468 g/mol. The molecular formula is C27H24N4O2S. The molecule has 0 fully saturated rings. The van der Waals surface area contributed by atoms with E-state index in [-0.39, 0.29) is 18.4 Å². The number of nitrogens with zero attached hydrogens (tertiary/aromatic N) is 3. The number of aromatic nitrogens is 2. The van der Waals surface area contributed by atoms with Crippen LogP contribution >= 0.6 is 11.8 Å². The number of fused-ring (bicyclic) bond motifs is 1.